The topological polar surface area (TPSA) is 29.3 Å². The molecule has 1 fully saturated rings. The minimum absolute atomic E-state index is 0.422. The maximum atomic E-state index is 5.73. The van der Waals surface area contributed by atoms with Gasteiger partial charge >= 0.3 is 0 Å². The normalized spacial score (nSPS) is 28.4. The lowest BCUT2D eigenvalue weighted by Crippen LogP contribution is -2.26. The molecule has 0 amide bonds. The molecule has 58 valence electrons. The van der Waals surface area contributed by atoms with Crippen LogP contribution in [0, 0.1) is 0 Å². The van der Waals surface area contributed by atoms with Crippen molar-refractivity contribution in [3.8, 4) is 0 Å². The van der Waals surface area contributed by atoms with E-state index in [4.69, 9.17) is 5.73 Å². The Morgan fingerprint density at radius 1 is 1.70 bits per heavy atom. The van der Waals surface area contributed by atoms with Gasteiger partial charge in [-0.15, -0.1) is 0 Å². The minimum atomic E-state index is 0.422. The number of likely N-dealkylation sites (tertiary alicyclic amines) is 1. The lowest BCUT2D eigenvalue weighted by molar-refractivity contribution is 0.371. The van der Waals surface area contributed by atoms with Gasteiger partial charge in [-0.2, -0.15) is 0 Å². The lowest BCUT2D eigenvalue weighted by atomic mass is 10.3. The van der Waals surface area contributed by atoms with E-state index in [-0.39, 0.29) is 0 Å². The zero-order valence-corrected chi connectivity index (χ0v) is 6.59. The van der Waals surface area contributed by atoms with Gasteiger partial charge in [0.25, 0.3) is 0 Å². The number of hydrogen-bond donors (Lipinski definition) is 1. The quantitative estimate of drug-likeness (QED) is 0.569. The molecule has 2 N–H and O–H groups in total. The van der Waals surface area contributed by atoms with Crippen LogP contribution in [0.4, 0.5) is 0 Å². The van der Waals surface area contributed by atoms with E-state index in [2.05, 4.69) is 24.0 Å². The summed E-state index contributed by atoms with van der Waals surface area (Å²) < 4.78 is 0. The van der Waals surface area contributed by atoms with Gasteiger partial charge in [0.1, 0.15) is 0 Å². The van der Waals surface area contributed by atoms with E-state index < -0.39 is 0 Å². The zero-order valence-electron chi connectivity index (χ0n) is 6.59. The number of rotatable bonds is 2. The first-order valence-corrected chi connectivity index (χ1v) is 3.92. The van der Waals surface area contributed by atoms with E-state index in [0.29, 0.717) is 6.04 Å². The highest BCUT2D eigenvalue weighted by molar-refractivity contribution is 4.86. The second-order valence-electron chi connectivity index (χ2n) is 2.88. The molecule has 1 rings (SSSR count). The third kappa shape index (κ3) is 2.12. The molecule has 1 atom stereocenters. The first-order valence-electron chi connectivity index (χ1n) is 3.92. The van der Waals surface area contributed by atoms with Crippen LogP contribution in [-0.2, 0) is 0 Å². The van der Waals surface area contributed by atoms with Gasteiger partial charge < -0.3 is 5.73 Å². The summed E-state index contributed by atoms with van der Waals surface area (Å²) >= 11 is 0. The standard InChI is InChI=1S/C8H16N2/c1-2-3-5-10-6-4-8(9)7-10/h2-3,8H,4-7,9H2,1H3/b3-2+/t8-/m0/s1. The highest BCUT2D eigenvalue weighted by Crippen LogP contribution is 2.05. The predicted octanol–water partition coefficient (Wildman–Crippen LogP) is 0.596. The maximum absolute atomic E-state index is 5.73. The first-order chi connectivity index (χ1) is 4.83. The molecule has 0 aromatic rings. The van der Waals surface area contributed by atoms with E-state index >= 15 is 0 Å². The Kier molecular flexibility index (Phi) is 2.90. The molecule has 1 aliphatic heterocycles. The SMILES string of the molecule is C/C=C/CN1CC[C@H](N)C1. The van der Waals surface area contributed by atoms with Crippen molar-refractivity contribution >= 4 is 0 Å². The summed E-state index contributed by atoms with van der Waals surface area (Å²) in [7, 11) is 0. The summed E-state index contributed by atoms with van der Waals surface area (Å²) in [5.74, 6) is 0. The molecule has 2 heteroatoms. The van der Waals surface area contributed by atoms with E-state index in [0.717, 1.165) is 19.5 Å². The lowest BCUT2D eigenvalue weighted by Gasteiger charge is -2.10. The molecule has 0 aromatic carbocycles. The molecule has 0 aromatic heterocycles. The fraction of sp³-hybridized carbons (Fsp3) is 0.750. The average molecular weight is 140 g/mol. The van der Waals surface area contributed by atoms with E-state index in [1.165, 1.54) is 6.54 Å². The van der Waals surface area contributed by atoms with E-state index in [9.17, 15) is 0 Å². The number of nitrogens with zero attached hydrogens (tertiary/aromatic N) is 1. The summed E-state index contributed by atoms with van der Waals surface area (Å²) in [5.41, 5.74) is 5.73. The van der Waals surface area contributed by atoms with Crippen LogP contribution < -0.4 is 5.73 Å². The highest BCUT2D eigenvalue weighted by Gasteiger charge is 2.16. The van der Waals surface area contributed by atoms with Crippen molar-refractivity contribution in [2.24, 2.45) is 5.73 Å². The Morgan fingerprint density at radius 2 is 2.50 bits per heavy atom. The number of nitrogens with two attached hydrogens (primary N) is 1. The smallest absolute Gasteiger partial charge is 0.0180 e. The number of allylic oxidation sites excluding steroid dienone is 1. The molecule has 1 heterocycles. The summed E-state index contributed by atoms with van der Waals surface area (Å²) in [5, 5.41) is 0. The highest BCUT2D eigenvalue weighted by atomic mass is 15.2. The van der Waals surface area contributed by atoms with E-state index in [1.54, 1.807) is 0 Å². The molecule has 1 saturated heterocycles. The van der Waals surface area contributed by atoms with Crippen molar-refractivity contribution in [1.82, 2.24) is 4.90 Å². The van der Waals surface area contributed by atoms with Gasteiger partial charge in [0.05, 0.1) is 0 Å². The molecule has 0 radical (unpaired) electrons. The third-order valence-electron chi connectivity index (χ3n) is 1.91. The monoisotopic (exact) mass is 140 g/mol. The second kappa shape index (κ2) is 3.74. The summed E-state index contributed by atoms with van der Waals surface area (Å²) in [6.07, 6.45) is 5.43. The van der Waals surface area contributed by atoms with Crippen molar-refractivity contribution in [1.29, 1.82) is 0 Å². The molecule has 0 unspecified atom stereocenters. The molecule has 0 aliphatic carbocycles. The fourth-order valence-corrected chi connectivity index (χ4v) is 1.28. The van der Waals surface area contributed by atoms with Crippen molar-refractivity contribution < 1.29 is 0 Å². The van der Waals surface area contributed by atoms with Crippen LogP contribution in [0.1, 0.15) is 13.3 Å². The van der Waals surface area contributed by atoms with E-state index in [1.807, 2.05) is 0 Å². The van der Waals surface area contributed by atoms with Crippen molar-refractivity contribution in [3.05, 3.63) is 12.2 Å². The minimum Gasteiger partial charge on any atom is -0.326 e. The van der Waals surface area contributed by atoms with Crippen LogP contribution in [0.3, 0.4) is 0 Å². The largest absolute Gasteiger partial charge is 0.326 e. The van der Waals surface area contributed by atoms with Gasteiger partial charge in [0, 0.05) is 25.7 Å². The summed E-state index contributed by atoms with van der Waals surface area (Å²) in [4.78, 5) is 2.38. The Morgan fingerprint density at radius 3 is 3.00 bits per heavy atom. The molecule has 2 nitrogen and oxygen atoms in total. The molecule has 0 saturated carbocycles. The Bertz CT molecular complexity index is 120. The van der Waals surface area contributed by atoms with Gasteiger partial charge in [-0.3, -0.25) is 4.90 Å². The van der Waals surface area contributed by atoms with Crippen LogP contribution in [0.2, 0.25) is 0 Å². The average Bonchev–Trinajstić information content (AvgIpc) is 2.31. The predicted molar refractivity (Wildman–Crippen MR) is 43.8 cm³/mol. The van der Waals surface area contributed by atoms with Gasteiger partial charge in [-0.1, -0.05) is 12.2 Å². The first kappa shape index (κ1) is 7.76. The molecule has 1 aliphatic rings. The Balaban J connectivity index is 2.18. The molecular weight excluding hydrogens is 124 g/mol. The van der Waals surface area contributed by atoms with Crippen molar-refractivity contribution in [3.63, 3.8) is 0 Å². The van der Waals surface area contributed by atoms with Crippen molar-refractivity contribution in [2.75, 3.05) is 19.6 Å². The van der Waals surface area contributed by atoms with Gasteiger partial charge in [0.2, 0.25) is 0 Å². The molecular formula is C8H16N2. The summed E-state index contributed by atoms with van der Waals surface area (Å²) in [6, 6.07) is 0.422. The second-order valence-corrected chi connectivity index (χ2v) is 2.88. The number of hydrogen-bond acceptors (Lipinski definition) is 2. The zero-order chi connectivity index (χ0) is 7.40. The Labute approximate surface area is 62.7 Å². The van der Waals surface area contributed by atoms with Crippen LogP contribution in [0.5, 0.6) is 0 Å². The Hall–Kier alpha value is -0.340. The molecule has 0 bridgehead atoms. The van der Waals surface area contributed by atoms with Crippen LogP contribution >= 0.6 is 0 Å². The summed E-state index contributed by atoms with van der Waals surface area (Å²) in [6.45, 7) is 5.37. The van der Waals surface area contributed by atoms with Gasteiger partial charge in [-0.25, -0.2) is 0 Å². The molecule has 10 heavy (non-hydrogen) atoms. The van der Waals surface area contributed by atoms with Crippen LogP contribution in [0.25, 0.3) is 0 Å². The van der Waals surface area contributed by atoms with Crippen molar-refractivity contribution in [2.45, 2.75) is 19.4 Å². The maximum Gasteiger partial charge on any atom is 0.0180 e. The van der Waals surface area contributed by atoms with Gasteiger partial charge in [-0.05, 0) is 13.3 Å². The fourth-order valence-electron chi connectivity index (χ4n) is 1.28. The third-order valence-corrected chi connectivity index (χ3v) is 1.91. The van der Waals surface area contributed by atoms with Crippen LogP contribution in [0.15, 0.2) is 12.2 Å². The van der Waals surface area contributed by atoms with Gasteiger partial charge in [0.15, 0.2) is 0 Å². The molecule has 0 spiro atoms. The van der Waals surface area contributed by atoms with Crippen LogP contribution in [-0.4, -0.2) is 30.6 Å².